The van der Waals surface area contributed by atoms with E-state index >= 15 is 0 Å². The van der Waals surface area contributed by atoms with Gasteiger partial charge in [-0.2, -0.15) is 4.98 Å². The summed E-state index contributed by atoms with van der Waals surface area (Å²) in [5.74, 6) is 0.933. The summed E-state index contributed by atoms with van der Waals surface area (Å²) in [4.78, 5) is 23.0. The summed E-state index contributed by atoms with van der Waals surface area (Å²) in [5, 5.41) is 3.20. The maximum atomic E-state index is 11.9. The summed E-state index contributed by atoms with van der Waals surface area (Å²) < 4.78 is 4.82. The number of carbonyl (C=O) groups is 1. The predicted octanol–water partition coefficient (Wildman–Crippen LogP) is 3.55. The number of aromatic nitrogens is 2. The molecule has 1 aromatic heterocycles. The van der Waals surface area contributed by atoms with Crippen molar-refractivity contribution in [3.8, 4) is 0 Å². The third kappa shape index (κ3) is 4.44. The molecule has 6 heteroatoms. The highest BCUT2D eigenvalue weighted by Crippen LogP contribution is 2.22. The fourth-order valence-electron chi connectivity index (χ4n) is 2.30. The third-order valence-electron chi connectivity index (χ3n) is 3.63. The Kier molecular flexibility index (Phi) is 6.12. The second kappa shape index (κ2) is 8.29. The van der Waals surface area contributed by atoms with Crippen LogP contribution >= 0.6 is 0 Å². The fourth-order valence-corrected chi connectivity index (χ4v) is 2.30. The van der Waals surface area contributed by atoms with Crippen LogP contribution in [0.15, 0.2) is 30.3 Å². The second-order valence-electron chi connectivity index (χ2n) is 5.63. The molecule has 0 unspecified atom stereocenters. The van der Waals surface area contributed by atoms with E-state index in [9.17, 15) is 4.79 Å². The predicted molar refractivity (Wildman–Crippen MR) is 96.0 cm³/mol. The zero-order chi connectivity index (χ0) is 17.5. The number of hydrogen-bond donors (Lipinski definition) is 1. The van der Waals surface area contributed by atoms with Crippen molar-refractivity contribution in [3.63, 3.8) is 0 Å². The molecule has 1 N–H and O–H groups in total. The highest BCUT2D eigenvalue weighted by atomic mass is 16.5. The van der Waals surface area contributed by atoms with E-state index in [1.54, 1.807) is 12.1 Å². The van der Waals surface area contributed by atoms with Crippen LogP contribution in [0.2, 0.25) is 0 Å². The van der Waals surface area contributed by atoms with Gasteiger partial charge >= 0.3 is 5.97 Å². The number of nitrogens with one attached hydrogen (secondary N) is 1. The molecule has 128 valence electrons. The van der Waals surface area contributed by atoms with Crippen molar-refractivity contribution in [2.75, 3.05) is 30.9 Å². The molecule has 0 fully saturated rings. The standard InChI is InChI=1S/C18H24N4O2/c1-5-6-11-22(3)18-19-13(2)12-16(21-18)20-15-10-8-7-9-14(15)17(23)24-4/h7-10,12H,5-6,11H2,1-4H3,(H,19,20,21). The van der Waals surface area contributed by atoms with Gasteiger partial charge in [0.25, 0.3) is 0 Å². The van der Waals surface area contributed by atoms with E-state index in [1.165, 1.54) is 7.11 Å². The maximum Gasteiger partial charge on any atom is 0.339 e. The number of rotatable bonds is 7. The first-order chi connectivity index (χ1) is 11.5. The van der Waals surface area contributed by atoms with Gasteiger partial charge in [0.2, 0.25) is 5.95 Å². The molecule has 2 aromatic rings. The zero-order valence-electron chi connectivity index (χ0n) is 14.7. The molecular formula is C18H24N4O2. The third-order valence-corrected chi connectivity index (χ3v) is 3.63. The Morgan fingerprint density at radius 1 is 1.29 bits per heavy atom. The Morgan fingerprint density at radius 3 is 2.75 bits per heavy atom. The van der Waals surface area contributed by atoms with Crippen LogP contribution in [0.3, 0.4) is 0 Å². The van der Waals surface area contributed by atoms with Gasteiger partial charge in [-0.05, 0) is 25.5 Å². The number of para-hydroxylation sites is 1. The summed E-state index contributed by atoms with van der Waals surface area (Å²) >= 11 is 0. The summed E-state index contributed by atoms with van der Waals surface area (Å²) in [7, 11) is 3.35. The lowest BCUT2D eigenvalue weighted by Gasteiger charge is -2.18. The van der Waals surface area contributed by atoms with Crippen LogP contribution in [-0.4, -0.2) is 36.6 Å². The van der Waals surface area contributed by atoms with Crippen LogP contribution in [0, 0.1) is 6.92 Å². The highest BCUT2D eigenvalue weighted by Gasteiger charge is 2.13. The quantitative estimate of drug-likeness (QED) is 0.784. The summed E-state index contributed by atoms with van der Waals surface area (Å²) in [6, 6.07) is 9.05. The van der Waals surface area contributed by atoms with Crippen molar-refractivity contribution in [1.29, 1.82) is 0 Å². The molecule has 0 spiro atoms. The lowest BCUT2D eigenvalue weighted by atomic mass is 10.2. The van der Waals surface area contributed by atoms with Crippen molar-refractivity contribution in [2.24, 2.45) is 0 Å². The minimum Gasteiger partial charge on any atom is -0.465 e. The lowest BCUT2D eigenvalue weighted by Crippen LogP contribution is -2.21. The van der Waals surface area contributed by atoms with E-state index < -0.39 is 0 Å². The van der Waals surface area contributed by atoms with Crippen LogP contribution in [0.4, 0.5) is 17.5 Å². The fraction of sp³-hybridized carbons (Fsp3) is 0.389. The molecule has 2 rings (SSSR count). The molecule has 1 aromatic carbocycles. The van der Waals surface area contributed by atoms with Gasteiger partial charge in [-0.1, -0.05) is 25.5 Å². The Bertz CT molecular complexity index is 703. The minimum absolute atomic E-state index is 0.385. The van der Waals surface area contributed by atoms with Crippen molar-refractivity contribution in [2.45, 2.75) is 26.7 Å². The van der Waals surface area contributed by atoms with Gasteiger partial charge in [-0.3, -0.25) is 0 Å². The number of anilines is 3. The Labute approximate surface area is 142 Å². The first-order valence-corrected chi connectivity index (χ1v) is 8.06. The van der Waals surface area contributed by atoms with Crippen LogP contribution < -0.4 is 10.2 Å². The molecule has 0 aliphatic heterocycles. The number of unbranched alkanes of at least 4 members (excludes halogenated alkanes) is 1. The van der Waals surface area contributed by atoms with Crippen LogP contribution in [-0.2, 0) is 4.74 Å². The average Bonchev–Trinajstić information content (AvgIpc) is 2.59. The molecule has 0 saturated carbocycles. The van der Waals surface area contributed by atoms with Gasteiger partial charge in [0.15, 0.2) is 0 Å². The molecule has 1 heterocycles. The lowest BCUT2D eigenvalue weighted by molar-refractivity contribution is 0.0602. The maximum absolute atomic E-state index is 11.9. The van der Waals surface area contributed by atoms with Gasteiger partial charge in [0, 0.05) is 25.4 Å². The van der Waals surface area contributed by atoms with Gasteiger partial charge in [0.05, 0.1) is 18.4 Å². The molecule has 0 radical (unpaired) electrons. The molecule has 0 aliphatic carbocycles. The van der Waals surface area contributed by atoms with Crippen molar-refractivity contribution in [1.82, 2.24) is 9.97 Å². The number of methoxy groups -OCH3 is 1. The Morgan fingerprint density at radius 2 is 2.04 bits per heavy atom. The number of esters is 1. The van der Waals surface area contributed by atoms with Crippen LogP contribution in [0.1, 0.15) is 35.8 Å². The van der Waals surface area contributed by atoms with Gasteiger partial charge in [0.1, 0.15) is 5.82 Å². The number of carbonyl (C=O) groups excluding carboxylic acids is 1. The first-order valence-electron chi connectivity index (χ1n) is 8.06. The van der Waals surface area contributed by atoms with Crippen LogP contribution in [0.25, 0.3) is 0 Å². The second-order valence-corrected chi connectivity index (χ2v) is 5.63. The van der Waals surface area contributed by atoms with Gasteiger partial charge in [-0.25, -0.2) is 9.78 Å². The van der Waals surface area contributed by atoms with E-state index in [2.05, 4.69) is 22.2 Å². The normalized spacial score (nSPS) is 10.3. The molecule has 0 atom stereocenters. The molecule has 6 nitrogen and oxygen atoms in total. The van der Waals surface area contributed by atoms with Crippen molar-refractivity contribution < 1.29 is 9.53 Å². The van der Waals surface area contributed by atoms with E-state index in [0.717, 1.165) is 25.1 Å². The van der Waals surface area contributed by atoms with Gasteiger partial charge < -0.3 is 15.0 Å². The largest absolute Gasteiger partial charge is 0.465 e. The molecule has 0 aliphatic rings. The summed E-state index contributed by atoms with van der Waals surface area (Å²) in [5.41, 5.74) is 1.99. The average molecular weight is 328 g/mol. The van der Waals surface area contributed by atoms with E-state index in [4.69, 9.17) is 4.74 Å². The first kappa shape index (κ1) is 17.7. The molecule has 24 heavy (non-hydrogen) atoms. The topological polar surface area (TPSA) is 67.4 Å². The Hall–Kier alpha value is -2.63. The molecule has 0 saturated heterocycles. The molecule has 0 amide bonds. The van der Waals surface area contributed by atoms with E-state index in [1.807, 2.05) is 37.1 Å². The van der Waals surface area contributed by atoms with E-state index in [0.29, 0.717) is 23.0 Å². The number of benzene rings is 1. The monoisotopic (exact) mass is 328 g/mol. The van der Waals surface area contributed by atoms with Gasteiger partial charge in [-0.15, -0.1) is 0 Å². The molecular weight excluding hydrogens is 304 g/mol. The minimum atomic E-state index is -0.385. The Balaban J connectivity index is 2.27. The number of aryl methyl sites for hydroxylation is 1. The number of nitrogens with zero attached hydrogens (tertiary/aromatic N) is 3. The smallest absolute Gasteiger partial charge is 0.339 e. The zero-order valence-corrected chi connectivity index (χ0v) is 14.7. The van der Waals surface area contributed by atoms with E-state index in [-0.39, 0.29) is 5.97 Å². The van der Waals surface area contributed by atoms with Crippen molar-refractivity contribution >= 4 is 23.4 Å². The summed E-state index contributed by atoms with van der Waals surface area (Å²) in [6.45, 7) is 4.98. The van der Waals surface area contributed by atoms with Crippen molar-refractivity contribution in [3.05, 3.63) is 41.6 Å². The number of hydrogen-bond acceptors (Lipinski definition) is 6. The highest BCUT2D eigenvalue weighted by molar-refractivity contribution is 5.96. The SMILES string of the molecule is CCCCN(C)c1nc(C)cc(Nc2ccccc2C(=O)OC)n1. The summed E-state index contributed by atoms with van der Waals surface area (Å²) in [6.07, 6.45) is 2.20. The number of ether oxygens (including phenoxy) is 1. The van der Waals surface area contributed by atoms with Crippen LogP contribution in [0.5, 0.6) is 0 Å². The molecule has 0 bridgehead atoms.